The Kier molecular flexibility index (Phi) is 5.46. The van der Waals surface area contributed by atoms with Crippen molar-refractivity contribution in [2.45, 2.75) is 32.2 Å². The highest BCUT2D eigenvalue weighted by atomic mass is 16.5. The van der Waals surface area contributed by atoms with E-state index in [9.17, 15) is 4.79 Å². The van der Waals surface area contributed by atoms with Crippen LogP contribution < -0.4 is 10.1 Å². The molecule has 1 saturated heterocycles. The van der Waals surface area contributed by atoms with Gasteiger partial charge in [-0.15, -0.1) is 0 Å². The Morgan fingerprint density at radius 3 is 2.62 bits per heavy atom. The van der Waals surface area contributed by atoms with Crippen molar-refractivity contribution in [3.05, 3.63) is 60.0 Å². The first-order valence-electron chi connectivity index (χ1n) is 9.76. The van der Waals surface area contributed by atoms with E-state index in [1.165, 1.54) is 0 Å². The third-order valence-electron chi connectivity index (χ3n) is 5.14. The van der Waals surface area contributed by atoms with E-state index in [1.54, 1.807) is 12.0 Å². The molecule has 29 heavy (non-hydrogen) atoms. The zero-order valence-corrected chi connectivity index (χ0v) is 16.6. The lowest BCUT2D eigenvalue weighted by atomic mass is 10.0. The van der Waals surface area contributed by atoms with E-state index in [1.807, 2.05) is 55.5 Å². The molecule has 0 radical (unpaired) electrons. The number of aromatic nitrogens is 2. The Balaban J connectivity index is 1.51. The van der Waals surface area contributed by atoms with E-state index in [-0.39, 0.29) is 12.1 Å². The Morgan fingerprint density at radius 1 is 1.14 bits per heavy atom. The number of carbonyl (C=O) groups is 1. The Labute approximate surface area is 169 Å². The second-order valence-electron chi connectivity index (χ2n) is 7.19. The van der Waals surface area contributed by atoms with Gasteiger partial charge in [-0.25, -0.2) is 4.79 Å². The summed E-state index contributed by atoms with van der Waals surface area (Å²) in [7, 11) is 1.63. The summed E-state index contributed by atoms with van der Waals surface area (Å²) in [5.41, 5.74) is 2.76. The largest absolute Gasteiger partial charge is 0.497 e. The maximum Gasteiger partial charge on any atom is 0.322 e. The van der Waals surface area contributed by atoms with Crippen LogP contribution in [0.5, 0.6) is 5.75 Å². The lowest BCUT2D eigenvalue weighted by Crippen LogP contribution is -2.41. The summed E-state index contributed by atoms with van der Waals surface area (Å²) < 4.78 is 10.7. The SMILES string of the molecule is COc1ccc(-c2noc(C3CCCCN3C(=O)Nc3ccc(C)cc3)n2)cc1. The fourth-order valence-electron chi connectivity index (χ4n) is 3.49. The molecule has 0 spiro atoms. The van der Waals surface area contributed by atoms with Crippen molar-refractivity contribution >= 4 is 11.7 Å². The van der Waals surface area contributed by atoms with Crippen LogP contribution in [0.25, 0.3) is 11.4 Å². The summed E-state index contributed by atoms with van der Waals surface area (Å²) in [4.78, 5) is 19.3. The minimum Gasteiger partial charge on any atom is -0.497 e. The third-order valence-corrected chi connectivity index (χ3v) is 5.14. The van der Waals surface area contributed by atoms with E-state index in [0.717, 1.165) is 41.8 Å². The second kappa shape index (κ2) is 8.34. The maximum absolute atomic E-state index is 12.9. The topological polar surface area (TPSA) is 80.5 Å². The number of rotatable bonds is 4. The Hall–Kier alpha value is -3.35. The van der Waals surface area contributed by atoms with Crippen molar-refractivity contribution in [2.24, 2.45) is 0 Å². The minimum absolute atomic E-state index is 0.150. The molecule has 1 unspecified atom stereocenters. The zero-order valence-electron chi connectivity index (χ0n) is 16.6. The highest BCUT2D eigenvalue weighted by molar-refractivity contribution is 5.89. The zero-order chi connectivity index (χ0) is 20.2. The van der Waals surface area contributed by atoms with Crippen LogP contribution in [0.3, 0.4) is 0 Å². The van der Waals surface area contributed by atoms with E-state index in [2.05, 4.69) is 15.5 Å². The molecule has 0 aliphatic carbocycles. The normalized spacial score (nSPS) is 16.5. The van der Waals surface area contributed by atoms with Gasteiger partial charge in [0.05, 0.1) is 7.11 Å². The number of urea groups is 1. The maximum atomic E-state index is 12.9. The monoisotopic (exact) mass is 392 g/mol. The quantitative estimate of drug-likeness (QED) is 0.689. The minimum atomic E-state index is -0.228. The van der Waals surface area contributed by atoms with Gasteiger partial charge in [0.1, 0.15) is 11.8 Å². The first-order chi connectivity index (χ1) is 14.1. The number of hydrogen-bond donors (Lipinski definition) is 1. The number of methoxy groups -OCH3 is 1. The molecule has 3 aromatic rings. The molecule has 0 bridgehead atoms. The summed E-state index contributed by atoms with van der Waals surface area (Å²) >= 11 is 0. The summed E-state index contributed by atoms with van der Waals surface area (Å²) in [6.45, 7) is 2.67. The molecular formula is C22H24N4O3. The van der Waals surface area contributed by atoms with Crippen molar-refractivity contribution < 1.29 is 14.1 Å². The number of nitrogens with zero attached hydrogens (tertiary/aromatic N) is 3. The first-order valence-corrected chi connectivity index (χ1v) is 9.76. The van der Waals surface area contributed by atoms with Crippen LogP contribution in [-0.4, -0.2) is 34.7 Å². The lowest BCUT2D eigenvalue weighted by Gasteiger charge is -2.33. The molecular weight excluding hydrogens is 368 g/mol. The highest BCUT2D eigenvalue weighted by Gasteiger charge is 2.32. The molecule has 0 saturated carbocycles. The second-order valence-corrected chi connectivity index (χ2v) is 7.19. The third kappa shape index (κ3) is 4.23. The summed E-state index contributed by atoms with van der Waals surface area (Å²) in [6.07, 6.45) is 2.77. The molecule has 150 valence electrons. The first kappa shape index (κ1) is 19.0. The van der Waals surface area contributed by atoms with Crippen molar-refractivity contribution in [1.29, 1.82) is 0 Å². The molecule has 7 nitrogen and oxygen atoms in total. The van der Waals surface area contributed by atoms with Gasteiger partial charge in [0.25, 0.3) is 0 Å². The number of ether oxygens (including phenoxy) is 1. The molecule has 1 fully saturated rings. The van der Waals surface area contributed by atoms with Crippen LogP contribution >= 0.6 is 0 Å². The molecule has 7 heteroatoms. The van der Waals surface area contributed by atoms with Crippen molar-refractivity contribution in [2.75, 3.05) is 19.0 Å². The van der Waals surface area contributed by atoms with Crippen molar-refractivity contribution in [3.8, 4) is 17.1 Å². The van der Waals surface area contributed by atoms with E-state index >= 15 is 0 Å². The molecule has 2 aromatic carbocycles. The summed E-state index contributed by atoms with van der Waals surface area (Å²) in [5, 5.41) is 7.09. The molecule has 1 N–H and O–H groups in total. The van der Waals surface area contributed by atoms with Crippen LogP contribution in [0.4, 0.5) is 10.5 Å². The summed E-state index contributed by atoms with van der Waals surface area (Å²) in [6, 6.07) is 14.9. The van der Waals surface area contributed by atoms with Gasteiger partial charge in [-0.05, 0) is 62.6 Å². The highest BCUT2D eigenvalue weighted by Crippen LogP contribution is 2.32. The van der Waals surface area contributed by atoms with Crippen molar-refractivity contribution in [1.82, 2.24) is 15.0 Å². The number of aryl methyl sites for hydroxylation is 1. The Bertz CT molecular complexity index is 966. The average Bonchev–Trinajstić information content (AvgIpc) is 3.25. The van der Waals surface area contributed by atoms with Gasteiger partial charge in [-0.2, -0.15) is 4.98 Å². The van der Waals surface area contributed by atoms with Gasteiger partial charge in [-0.1, -0.05) is 22.9 Å². The molecule has 1 aliphatic rings. The predicted octanol–water partition coefficient (Wildman–Crippen LogP) is 4.81. The number of nitrogens with one attached hydrogen (secondary N) is 1. The van der Waals surface area contributed by atoms with Crippen molar-refractivity contribution in [3.63, 3.8) is 0 Å². The van der Waals surface area contributed by atoms with Gasteiger partial charge >= 0.3 is 6.03 Å². The standard InChI is InChI=1S/C22H24N4O3/c1-15-6-10-17(11-7-15)23-22(27)26-14-4-3-5-19(26)21-24-20(25-29-21)16-8-12-18(28-2)13-9-16/h6-13,19H,3-5,14H2,1-2H3,(H,23,27). The van der Waals surface area contributed by atoms with E-state index in [0.29, 0.717) is 18.3 Å². The molecule has 2 heterocycles. The fraction of sp³-hybridized carbons (Fsp3) is 0.318. The molecule has 1 aliphatic heterocycles. The number of amides is 2. The molecule has 4 rings (SSSR count). The fourth-order valence-corrected chi connectivity index (χ4v) is 3.49. The van der Waals surface area contributed by atoms with Gasteiger partial charge < -0.3 is 19.5 Å². The van der Waals surface area contributed by atoms with E-state index in [4.69, 9.17) is 9.26 Å². The number of hydrogen-bond acceptors (Lipinski definition) is 5. The van der Waals surface area contributed by atoms with Gasteiger partial charge in [0, 0.05) is 17.8 Å². The van der Waals surface area contributed by atoms with Crippen LogP contribution in [0.15, 0.2) is 53.1 Å². The molecule has 1 aromatic heterocycles. The number of likely N-dealkylation sites (tertiary alicyclic amines) is 1. The molecule has 1 atom stereocenters. The Morgan fingerprint density at radius 2 is 1.90 bits per heavy atom. The smallest absolute Gasteiger partial charge is 0.322 e. The average molecular weight is 392 g/mol. The van der Waals surface area contributed by atoms with Gasteiger partial charge in [-0.3, -0.25) is 0 Å². The van der Waals surface area contributed by atoms with Crippen LogP contribution in [-0.2, 0) is 0 Å². The number of piperidine rings is 1. The molecule has 2 amide bonds. The van der Waals surface area contributed by atoms with Crippen LogP contribution in [0.1, 0.15) is 36.8 Å². The number of benzene rings is 2. The number of anilines is 1. The lowest BCUT2D eigenvalue weighted by molar-refractivity contribution is 0.142. The summed E-state index contributed by atoms with van der Waals surface area (Å²) in [5.74, 6) is 1.74. The van der Waals surface area contributed by atoms with E-state index < -0.39 is 0 Å². The van der Waals surface area contributed by atoms with Gasteiger partial charge in [0.2, 0.25) is 11.7 Å². The van der Waals surface area contributed by atoms with Crippen LogP contribution in [0.2, 0.25) is 0 Å². The predicted molar refractivity (Wildman–Crippen MR) is 110 cm³/mol. The van der Waals surface area contributed by atoms with Gasteiger partial charge in [0.15, 0.2) is 0 Å². The van der Waals surface area contributed by atoms with Crippen LogP contribution in [0, 0.1) is 6.92 Å². The number of carbonyl (C=O) groups excluding carboxylic acids is 1.